The number of aromatic nitrogens is 1. The summed E-state index contributed by atoms with van der Waals surface area (Å²) in [5.41, 5.74) is 1.25. The lowest BCUT2D eigenvalue weighted by Crippen LogP contribution is -2.36. The van der Waals surface area contributed by atoms with Crippen molar-refractivity contribution in [1.82, 2.24) is 9.88 Å². The van der Waals surface area contributed by atoms with Crippen molar-refractivity contribution in [1.29, 1.82) is 0 Å². The second-order valence-electron chi connectivity index (χ2n) is 5.39. The highest BCUT2D eigenvalue weighted by Crippen LogP contribution is 2.21. The summed E-state index contributed by atoms with van der Waals surface area (Å²) in [5, 5.41) is 0. The minimum atomic E-state index is -0.439. The number of para-hydroxylation sites is 1. The van der Waals surface area contributed by atoms with Crippen LogP contribution in [-0.4, -0.2) is 40.7 Å². The van der Waals surface area contributed by atoms with Crippen LogP contribution in [0.2, 0.25) is 0 Å². The zero-order valence-corrected chi connectivity index (χ0v) is 13.3. The fourth-order valence-corrected chi connectivity index (χ4v) is 2.77. The van der Waals surface area contributed by atoms with Gasteiger partial charge >= 0.3 is 0 Å². The summed E-state index contributed by atoms with van der Waals surface area (Å²) in [5.74, 6) is -0.960. The highest BCUT2D eigenvalue weighted by atomic mass is 16.2. The quantitative estimate of drug-likeness (QED) is 0.790. The van der Waals surface area contributed by atoms with Crippen molar-refractivity contribution in [3.8, 4) is 0 Å². The van der Waals surface area contributed by atoms with Crippen LogP contribution >= 0.6 is 0 Å². The van der Waals surface area contributed by atoms with Crippen molar-refractivity contribution in [2.75, 3.05) is 18.0 Å². The number of rotatable bonds is 5. The van der Waals surface area contributed by atoms with E-state index < -0.39 is 11.8 Å². The number of imide groups is 1. The zero-order chi connectivity index (χ0) is 17.1. The Hall–Kier alpha value is -3.02. The summed E-state index contributed by atoms with van der Waals surface area (Å²) in [6.07, 6.45) is 1.56. The Bertz CT molecular complexity index is 754. The second kappa shape index (κ2) is 6.62. The lowest BCUT2D eigenvalue weighted by molar-refractivity contribution is -0.118. The molecule has 0 bridgehead atoms. The number of nitrogens with zero attached hydrogens (tertiary/aromatic N) is 3. The predicted octanol–water partition coefficient (Wildman–Crippen LogP) is 2.12. The number of pyridine rings is 1. The van der Waals surface area contributed by atoms with E-state index in [-0.39, 0.29) is 24.6 Å². The fourth-order valence-electron chi connectivity index (χ4n) is 2.77. The van der Waals surface area contributed by atoms with Gasteiger partial charge in [-0.2, -0.15) is 0 Å². The molecule has 6 nitrogen and oxygen atoms in total. The third-order valence-corrected chi connectivity index (χ3v) is 3.97. The van der Waals surface area contributed by atoms with E-state index in [2.05, 4.69) is 4.98 Å². The third kappa shape index (κ3) is 2.78. The van der Waals surface area contributed by atoms with Crippen LogP contribution in [0.3, 0.4) is 0 Å². The molecule has 0 saturated carbocycles. The third-order valence-electron chi connectivity index (χ3n) is 3.97. The molecule has 1 aromatic heterocycles. The van der Waals surface area contributed by atoms with E-state index in [1.54, 1.807) is 17.0 Å². The predicted molar refractivity (Wildman–Crippen MR) is 88.7 cm³/mol. The van der Waals surface area contributed by atoms with Gasteiger partial charge in [0.05, 0.1) is 5.56 Å². The molecule has 122 valence electrons. The lowest BCUT2D eigenvalue weighted by Gasteiger charge is -2.22. The van der Waals surface area contributed by atoms with Gasteiger partial charge in [-0.25, -0.2) is 0 Å². The highest BCUT2D eigenvalue weighted by molar-refractivity contribution is 6.20. The van der Waals surface area contributed by atoms with Gasteiger partial charge < -0.3 is 4.90 Å². The van der Waals surface area contributed by atoms with Crippen LogP contribution in [0, 0.1) is 0 Å². The Kier molecular flexibility index (Phi) is 4.37. The number of fused-ring (bicyclic) bond motifs is 1. The molecule has 0 atom stereocenters. The first-order chi connectivity index (χ1) is 11.6. The molecule has 2 heterocycles. The maximum atomic E-state index is 12.5. The van der Waals surface area contributed by atoms with Gasteiger partial charge in [0, 0.05) is 31.4 Å². The standard InChI is InChI=1S/C18H17N3O3/c1-2-20(13-7-4-3-5-8-13)15(22)10-12-21-17(23)14-9-6-11-19-16(14)18(21)24/h3-9,11H,2,10,12H2,1H3. The summed E-state index contributed by atoms with van der Waals surface area (Å²) >= 11 is 0. The number of anilines is 1. The molecule has 0 radical (unpaired) electrons. The minimum absolute atomic E-state index is 0.0518. The summed E-state index contributed by atoms with van der Waals surface area (Å²) < 4.78 is 0. The molecule has 1 aliphatic heterocycles. The van der Waals surface area contributed by atoms with Crippen LogP contribution in [0.15, 0.2) is 48.7 Å². The Morgan fingerprint density at radius 2 is 1.83 bits per heavy atom. The first-order valence-electron chi connectivity index (χ1n) is 7.80. The van der Waals surface area contributed by atoms with Gasteiger partial charge in [0.15, 0.2) is 0 Å². The Balaban J connectivity index is 1.69. The largest absolute Gasteiger partial charge is 0.313 e. The van der Waals surface area contributed by atoms with Gasteiger partial charge in [-0.15, -0.1) is 0 Å². The van der Waals surface area contributed by atoms with E-state index in [0.717, 1.165) is 10.6 Å². The molecule has 0 unspecified atom stereocenters. The van der Waals surface area contributed by atoms with Crippen LogP contribution in [-0.2, 0) is 4.79 Å². The van der Waals surface area contributed by atoms with E-state index >= 15 is 0 Å². The van der Waals surface area contributed by atoms with Crippen LogP contribution in [0.4, 0.5) is 5.69 Å². The van der Waals surface area contributed by atoms with Crippen LogP contribution in [0.25, 0.3) is 0 Å². The zero-order valence-electron chi connectivity index (χ0n) is 13.3. The Morgan fingerprint density at radius 3 is 2.50 bits per heavy atom. The van der Waals surface area contributed by atoms with Gasteiger partial charge in [-0.05, 0) is 31.2 Å². The molecule has 1 aliphatic rings. The second-order valence-corrected chi connectivity index (χ2v) is 5.39. The van der Waals surface area contributed by atoms with Crippen LogP contribution < -0.4 is 4.90 Å². The monoisotopic (exact) mass is 323 g/mol. The average Bonchev–Trinajstić information content (AvgIpc) is 2.86. The molecule has 0 spiro atoms. The summed E-state index contributed by atoms with van der Waals surface area (Å²) in [7, 11) is 0. The summed E-state index contributed by atoms with van der Waals surface area (Å²) in [6.45, 7) is 2.46. The van der Waals surface area contributed by atoms with Crippen LogP contribution in [0.1, 0.15) is 34.2 Å². The van der Waals surface area contributed by atoms with Gasteiger partial charge in [0.1, 0.15) is 5.69 Å². The SMILES string of the molecule is CCN(C(=O)CCN1C(=O)c2cccnc2C1=O)c1ccccc1. The molecule has 0 fully saturated rings. The van der Waals surface area contributed by atoms with E-state index in [4.69, 9.17) is 0 Å². The first kappa shape index (κ1) is 15.9. The van der Waals surface area contributed by atoms with Crippen molar-refractivity contribution < 1.29 is 14.4 Å². The number of benzene rings is 1. The molecule has 3 rings (SSSR count). The molecule has 0 aliphatic carbocycles. The minimum Gasteiger partial charge on any atom is -0.313 e. The molecular weight excluding hydrogens is 306 g/mol. The van der Waals surface area contributed by atoms with E-state index in [1.165, 1.54) is 6.20 Å². The normalized spacial score (nSPS) is 13.1. The average molecular weight is 323 g/mol. The van der Waals surface area contributed by atoms with Crippen molar-refractivity contribution in [2.45, 2.75) is 13.3 Å². The molecule has 0 N–H and O–H groups in total. The van der Waals surface area contributed by atoms with Crippen molar-refractivity contribution >= 4 is 23.4 Å². The molecule has 3 amide bonds. The molecule has 6 heteroatoms. The number of hydrogen-bond acceptors (Lipinski definition) is 4. The van der Waals surface area contributed by atoms with Gasteiger partial charge in [-0.3, -0.25) is 24.3 Å². The Morgan fingerprint density at radius 1 is 1.08 bits per heavy atom. The van der Waals surface area contributed by atoms with E-state index in [0.29, 0.717) is 12.1 Å². The molecule has 0 saturated heterocycles. The van der Waals surface area contributed by atoms with E-state index in [1.807, 2.05) is 37.3 Å². The van der Waals surface area contributed by atoms with Crippen molar-refractivity contribution in [2.24, 2.45) is 0 Å². The Labute approximate surface area is 139 Å². The van der Waals surface area contributed by atoms with E-state index in [9.17, 15) is 14.4 Å². The molecular formula is C18H17N3O3. The smallest absolute Gasteiger partial charge is 0.280 e. The number of carbonyl (C=O) groups excluding carboxylic acids is 3. The topological polar surface area (TPSA) is 70.6 Å². The summed E-state index contributed by atoms with van der Waals surface area (Å²) in [6, 6.07) is 12.5. The van der Waals surface area contributed by atoms with Gasteiger partial charge in [0.25, 0.3) is 11.8 Å². The maximum Gasteiger partial charge on any atom is 0.280 e. The molecule has 1 aromatic carbocycles. The van der Waals surface area contributed by atoms with Crippen molar-refractivity contribution in [3.05, 3.63) is 59.9 Å². The number of hydrogen-bond donors (Lipinski definition) is 0. The summed E-state index contributed by atoms with van der Waals surface area (Å²) in [4.78, 5) is 43.7. The van der Waals surface area contributed by atoms with Gasteiger partial charge in [-0.1, -0.05) is 18.2 Å². The first-order valence-corrected chi connectivity index (χ1v) is 7.80. The van der Waals surface area contributed by atoms with Crippen molar-refractivity contribution in [3.63, 3.8) is 0 Å². The number of amides is 3. The maximum absolute atomic E-state index is 12.5. The number of carbonyl (C=O) groups is 3. The lowest BCUT2D eigenvalue weighted by atomic mass is 10.2. The fraction of sp³-hybridized carbons (Fsp3) is 0.222. The molecule has 24 heavy (non-hydrogen) atoms. The highest BCUT2D eigenvalue weighted by Gasteiger charge is 2.36. The molecule has 2 aromatic rings. The van der Waals surface area contributed by atoms with Crippen LogP contribution in [0.5, 0.6) is 0 Å². The van der Waals surface area contributed by atoms with Gasteiger partial charge in [0.2, 0.25) is 5.91 Å².